The van der Waals surface area contributed by atoms with Crippen LogP contribution < -0.4 is 0 Å². The number of hydrogen-bond donors (Lipinski definition) is 2. The number of rotatable bonds is 3. The number of benzene rings is 1. The van der Waals surface area contributed by atoms with Gasteiger partial charge in [-0.25, -0.2) is 8.78 Å². The summed E-state index contributed by atoms with van der Waals surface area (Å²) in [5.41, 5.74) is 0.487. The second-order valence-electron chi connectivity index (χ2n) is 3.46. The maximum atomic E-state index is 13.5. The third-order valence-corrected chi connectivity index (χ3v) is 2.26. The van der Waals surface area contributed by atoms with Crippen LogP contribution in [0.4, 0.5) is 8.78 Å². The number of hydrogen-bond acceptors (Lipinski definition) is 2. The number of aliphatic carboxylic acids is 1. The largest absolute Gasteiger partial charge is 0.481 e. The van der Waals surface area contributed by atoms with E-state index in [-0.39, 0.29) is 23.2 Å². The zero-order chi connectivity index (χ0) is 12.4. The lowest BCUT2D eigenvalue weighted by molar-refractivity contribution is -0.136. The number of aromatic nitrogens is 2. The predicted octanol–water partition coefficient (Wildman–Crippen LogP) is 1.98. The van der Waals surface area contributed by atoms with Gasteiger partial charge in [-0.15, -0.1) is 0 Å². The molecule has 1 heterocycles. The topological polar surface area (TPSA) is 66.0 Å². The van der Waals surface area contributed by atoms with Crippen LogP contribution in [0.15, 0.2) is 24.4 Å². The molecule has 17 heavy (non-hydrogen) atoms. The van der Waals surface area contributed by atoms with Crippen molar-refractivity contribution >= 4 is 5.97 Å². The van der Waals surface area contributed by atoms with Gasteiger partial charge < -0.3 is 5.11 Å². The molecule has 2 rings (SSSR count). The molecule has 6 heteroatoms. The summed E-state index contributed by atoms with van der Waals surface area (Å²) in [6.07, 6.45) is 0.946. The second kappa shape index (κ2) is 4.32. The first-order valence-electron chi connectivity index (χ1n) is 4.77. The van der Waals surface area contributed by atoms with Crippen LogP contribution in [0.3, 0.4) is 0 Å². The summed E-state index contributed by atoms with van der Waals surface area (Å²) in [5, 5.41) is 14.8. The average Bonchev–Trinajstić information content (AvgIpc) is 2.69. The molecule has 0 saturated carbocycles. The van der Waals surface area contributed by atoms with Gasteiger partial charge in [0.25, 0.3) is 0 Å². The lowest BCUT2D eigenvalue weighted by atomic mass is 10.0. The number of halogens is 2. The second-order valence-corrected chi connectivity index (χ2v) is 3.46. The Labute approximate surface area is 94.9 Å². The average molecular weight is 238 g/mol. The summed E-state index contributed by atoms with van der Waals surface area (Å²) in [6.45, 7) is 0. The first-order chi connectivity index (χ1) is 8.08. The fraction of sp³-hybridized carbons (Fsp3) is 0.0909. The van der Waals surface area contributed by atoms with E-state index >= 15 is 0 Å². The Bertz CT molecular complexity index is 566. The first-order valence-corrected chi connectivity index (χ1v) is 4.77. The fourth-order valence-electron chi connectivity index (χ4n) is 1.53. The molecule has 0 aliphatic rings. The number of aromatic amines is 1. The van der Waals surface area contributed by atoms with Gasteiger partial charge in [0.2, 0.25) is 0 Å². The van der Waals surface area contributed by atoms with E-state index in [9.17, 15) is 13.6 Å². The van der Waals surface area contributed by atoms with Gasteiger partial charge in [-0.2, -0.15) is 5.10 Å². The van der Waals surface area contributed by atoms with Crippen LogP contribution in [0.2, 0.25) is 0 Å². The molecule has 0 aliphatic carbocycles. The van der Waals surface area contributed by atoms with Gasteiger partial charge in [0.1, 0.15) is 11.6 Å². The monoisotopic (exact) mass is 238 g/mol. The third-order valence-electron chi connectivity index (χ3n) is 2.26. The standard InChI is InChI=1S/C11H8F2N2O2/c12-6-1-2-9(13)7(3-6)8-5-14-15-10(8)4-11(16)17/h1-3,5H,4H2,(H,14,15)(H,16,17). The summed E-state index contributed by atoms with van der Waals surface area (Å²) in [5.74, 6) is -2.30. The normalized spacial score (nSPS) is 10.5. The molecule has 0 atom stereocenters. The Balaban J connectivity index is 2.49. The summed E-state index contributed by atoms with van der Waals surface area (Å²) >= 11 is 0. The number of H-pyrrole nitrogens is 1. The van der Waals surface area contributed by atoms with Crippen LogP contribution in [0, 0.1) is 11.6 Å². The van der Waals surface area contributed by atoms with Crippen molar-refractivity contribution in [3.63, 3.8) is 0 Å². The van der Waals surface area contributed by atoms with Crippen molar-refractivity contribution in [2.75, 3.05) is 0 Å². The molecule has 1 aromatic heterocycles. The molecule has 2 aromatic rings. The van der Waals surface area contributed by atoms with Crippen molar-refractivity contribution < 1.29 is 18.7 Å². The molecule has 88 valence electrons. The van der Waals surface area contributed by atoms with E-state index < -0.39 is 17.6 Å². The molecule has 0 fully saturated rings. The summed E-state index contributed by atoms with van der Waals surface area (Å²) in [4.78, 5) is 10.6. The maximum Gasteiger partial charge on any atom is 0.309 e. The maximum absolute atomic E-state index is 13.5. The van der Waals surface area contributed by atoms with Crippen molar-refractivity contribution in [1.29, 1.82) is 0 Å². The van der Waals surface area contributed by atoms with Crippen LogP contribution >= 0.6 is 0 Å². The fourth-order valence-corrected chi connectivity index (χ4v) is 1.53. The van der Waals surface area contributed by atoms with Gasteiger partial charge in [0, 0.05) is 11.1 Å². The minimum Gasteiger partial charge on any atom is -0.481 e. The quantitative estimate of drug-likeness (QED) is 0.859. The van der Waals surface area contributed by atoms with Crippen molar-refractivity contribution in [2.45, 2.75) is 6.42 Å². The third kappa shape index (κ3) is 2.30. The van der Waals surface area contributed by atoms with E-state index in [1.807, 2.05) is 0 Å². The highest BCUT2D eigenvalue weighted by molar-refractivity contribution is 5.75. The zero-order valence-corrected chi connectivity index (χ0v) is 8.58. The Hall–Kier alpha value is -2.24. The highest BCUT2D eigenvalue weighted by atomic mass is 19.1. The van der Waals surface area contributed by atoms with Crippen molar-refractivity contribution in [2.24, 2.45) is 0 Å². The molecule has 0 amide bonds. The highest BCUT2D eigenvalue weighted by Crippen LogP contribution is 2.26. The number of carboxylic acids is 1. The smallest absolute Gasteiger partial charge is 0.309 e. The molecule has 0 aliphatic heterocycles. The van der Waals surface area contributed by atoms with E-state index in [4.69, 9.17) is 5.11 Å². The lowest BCUT2D eigenvalue weighted by Gasteiger charge is -2.03. The summed E-state index contributed by atoms with van der Waals surface area (Å²) in [6, 6.07) is 2.99. The van der Waals surface area contributed by atoms with Gasteiger partial charge in [0.05, 0.1) is 18.3 Å². The van der Waals surface area contributed by atoms with Gasteiger partial charge >= 0.3 is 5.97 Å². The Kier molecular flexibility index (Phi) is 2.86. The number of carboxylic acid groups (broad SMARTS) is 1. The molecular weight excluding hydrogens is 230 g/mol. The number of carbonyl (C=O) groups is 1. The Morgan fingerprint density at radius 3 is 2.82 bits per heavy atom. The highest BCUT2D eigenvalue weighted by Gasteiger charge is 2.14. The number of nitrogens with one attached hydrogen (secondary N) is 1. The van der Waals surface area contributed by atoms with Crippen LogP contribution in [0.5, 0.6) is 0 Å². The number of nitrogens with zero attached hydrogens (tertiary/aromatic N) is 1. The molecule has 0 spiro atoms. The van der Waals surface area contributed by atoms with Crippen molar-refractivity contribution in [1.82, 2.24) is 10.2 Å². The summed E-state index contributed by atoms with van der Waals surface area (Å²) < 4.78 is 26.5. The zero-order valence-electron chi connectivity index (χ0n) is 8.58. The van der Waals surface area contributed by atoms with Gasteiger partial charge in [0.15, 0.2) is 0 Å². The first kappa shape index (κ1) is 11.3. The molecule has 2 N–H and O–H groups in total. The SMILES string of the molecule is O=C(O)Cc1[nH]ncc1-c1cc(F)ccc1F. The van der Waals surface area contributed by atoms with Gasteiger partial charge in [-0.1, -0.05) is 0 Å². The van der Waals surface area contributed by atoms with Crippen molar-refractivity contribution in [3.05, 3.63) is 41.7 Å². The van der Waals surface area contributed by atoms with Crippen LogP contribution in [0.1, 0.15) is 5.69 Å². The Morgan fingerprint density at radius 2 is 2.12 bits per heavy atom. The van der Waals surface area contributed by atoms with Crippen molar-refractivity contribution in [3.8, 4) is 11.1 Å². The minimum atomic E-state index is -1.08. The Morgan fingerprint density at radius 1 is 1.35 bits per heavy atom. The lowest BCUT2D eigenvalue weighted by Crippen LogP contribution is -2.02. The van der Waals surface area contributed by atoms with Gasteiger partial charge in [-0.05, 0) is 18.2 Å². The van der Waals surface area contributed by atoms with Gasteiger partial charge in [-0.3, -0.25) is 9.89 Å². The minimum absolute atomic E-state index is 0.00463. The van der Waals surface area contributed by atoms with Crippen LogP contribution in [-0.4, -0.2) is 21.3 Å². The van der Waals surface area contributed by atoms with E-state index in [2.05, 4.69) is 10.2 Å². The molecule has 0 bridgehead atoms. The van der Waals surface area contributed by atoms with Crippen LogP contribution in [0.25, 0.3) is 11.1 Å². The van der Waals surface area contributed by atoms with Crippen LogP contribution in [-0.2, 0) is 11.2 Å². The van der Waals surface area contributed by atoms with E-state index in [1.54, 1.807) is 0 Å². The van der Waals surface area contributed by atoms with E-state index in [1.165, 1.54) is 6.20 Å². The predicted molar refractivity (Wildman–Crippen MR) is 55.3 cm³/mol. The molecular formula is C11H8F2N2O2. The molecule has 0 radical (unpaired) electrons. The molecule has 0 saturated heterocycles. The van der Waals surface area contributed by atoms with E-state index in [0.29, 0.717) is 0 Å². The van der Waals surface area contributed by atoms with E-state index in [0.717, 1.165) is 18.2 Å². The molecule has 0 unspecified atom stereocenters. The molecule has 4 nitrogen and oxygen atoms in total. The summed E-state index contributed by atoms with van der Waals surface area (Å²) in [7, 11) is 0. The molecule has 1 aromatic carbocycles.